The maximum atomic E-state index is 12.7. The number of nitrogens with one attached hydrogen (secondary N) is 2. The summed E-state index contributed by atoms with van der Waals surface area (Å²) < 4.78 is 26.9. The number of hydrogen-bond acceptors (Lipinski definition) is 6. The van der Waals surface area contributed by atoms with Crippen LogP contribution < -0.4 is 5.32 Å². The molecule has 1 aliphatic rings. The van der Waals surface area contributed by atoms with Gasteiger partial charge >= 0.3 is 0 Å². The van der Waals surface area contributed by atoms with Gasteiger partial charge in [0.05, 0.1) is 31.9 Å². The lowest BCUT2D eigenvalue weighted by Gasteiger charge is -2.16. The molecule has 0 saturated carbocycles. The first-order chi connectivity index (χ1) is 14.3. The topological polar surface area (TPSA) is 108 Å². The van der Waals surface area contributed by atoms with E-state index >= 15 is 0 Å². The number of nitrogens with zero attached hydrogens (tertiary/aromatic N) is 3. The Balaban J connectivity index is 1.44. The maximum Gasteiger partial charge on any atom is 0.243 e. The first kappa shape index (κ1) is 21.4. The number of carbonyl (C=O) groups excluding carboxylic acids is 1. The zero-order chi connectivity index (χ0) is 21.3. The molecule has 1 aromatic carbocycles. The van der Waals surface area contributed by atoms with Crippen molar-refractivity contribution in [3.8, 4) is 0 Å². The van der Waals surface area contributed by atoms with Gasteiger partial charge in [0.15, 0.2) is 10.8 Å². The second-order valence-corrected chi connectivity index (χ2v) is 10.4. The number of fused-ring (bicyclic) bond motifs is 1. The number of aromatic amines is 1. The average Bonchev–Trinajstić information content (AvgIpc) is 3.37. The van der Waals surface area contributed by atoms with E-state index in [9.17, 15) is 13.2 Å². The SMILES string of the molecule is O=C(CSc1nc2ncc(Cl)cc2[nH]1)Nc1cc(S(=O)(=O)N2CCCC2)ccc1Cl. The predicted octanol–water partition coefficient (Wildman–Crippen LogP) is 3.78. The molecule has 0 radical (unpaired) electrons. The van der Waals surface area contributed by atoms with Gasteiger partial charge in [-0.3, -0.25) is 4.79 Å². The molecule has 158 valence electrons. The van der Waals surface area contributed by atoms with E-state index in [1.165, 1.54) is 40.5 Å². The maximum absolute atomic E-state index is 12.7. The molecule has 3 heterocycles. The number of pyridine rings is 1. The van der Waals surface area contributed by atoms with Gasteiger partial charge in [-0.2, -0.15) is 4.31 Å². The number of aromatic nitrogens is 3. The van der Waals surface area contributed by atoms with Crippen molar-refractivity contribution in [2.75, 3.05) is 24.2 Å². The van der Waals surface area contributed by atoms with Gasteiger partial charge in [0.25, 0.3) is 0 Å². The Morgan fingerprint density at radius 1 is 1.23 bits per heavy atom. The minimum absolute atomic E-state index is 0.0486. The third-order valence-corrected chi connectivity index (χ3v) is 7.84. The predicted molar refractivity (Wildman–Crippen MR) is 118 cm³/mol. The molecule has 4 rings (SSSR count). The summed E-state index contributed by atoms with van der Waals surface area (Å²) in [6.45, 7) is 1.00. The molecule has 0 bridgehead atoms. The molecular weight excluding hydrogens is 469 g/mol. The third kappa shape index (κ3) is 4.57. The molecule has 1 amide bonds. The standard InChI is InChI=1S/C18H17Cl2N5O3S2/c19-11-7-15-17(21-9-11)24-18(23-15)29-10-16(26)22-14-8-12(3-4-13(14)20)30(27,28)25-5-1-2-6-25/h3-4,7-9H,1-2,5-6,10H2,(H,22,26)(H,21,23,24). The van der Waals surface area contributed by atoms with Crippen molar-refractivity contribution in [2.45, 2.75) is 22.9 Å². The molecule has 0 atom stereocenters. The number of sulfonamides is 1. The lowest BCUT2D eigenvalue weighted by atomic mass is 10.3. The number of rotatable bonds is 6. The van der Waals surface area contributed by atoms with Crippen molar-refractivity contribution in [3.05, 3.63) is 40.5 Å². The summed E-state index contributed by atoms with van der Waals surface area (Å²) >= 11 is 13.3. The number of halogens is 2. The molecule has 2 N–H and O–H groups in total. The summed E-state index contributed by atoms with van der Waals surface area (Å²) in [5.74, 6) is -0.295. The fourth-order valence-electron chi connectivity index (χ4n) is 3.08. The Kier molecular flexibility index (Phi) is 6.21. The molecule has 1 aliphatic heterocycles. The summed E-state index contributed by atoms with van der Waals surface area (Å²) in [5, 5.41) is 3.94. The molecule has 0 aliphatic carbocycles. The Hall–Kier alpha value is -1.85. The Bertz CT molecular complexity index is 1210. The highest BCUT2D eigenvalue weighted by Gasteiger charge is 2.27. The first-order valence-electron chi connectivity index (χ1n) is 9.06. The van der Waals surface area contributed by atoms with Gasteiger partial charge < -0.3 is 10.3 Å². The number of carbonyl (C=O) groups is 1. The van der Waals surface area contributed by atoms with Crippen LogP contribution in [0.3, 0.4) is 0 Å². The number of thioether (sulfide) groups is 1. The van der Waals surface area contributed by atoms with Gasteiger partial charge in [0.2, 0.25) is 15.9 Å². The number of benzene rings is 1. The largest absolute Gasteiger partial charge is 0.331 e. The Labute approximate surface area is 187 Å². The normalized spacial score (nSPS) is 15.0. The van der Waals surface area contributed by atoms with Crippen molar-refractivity contribution < 1.29 is 13.2 Å². The Morgan fingerprint density at radius 2 is 2.00 bits per heavy atom. The smallest absolute Gasteiger partial charge is 0.243 e. The monoisotopic (exact) mass is 485 g/mol. The van der Waals surface area contributed by atoms with Crippen molar-refractivity contribution in [1.82, 2.24) is 19.3 Å². The van der Waals surface area contributed by atoms with E-state index in [0.717, 1.165) is 12.8 Å². The van der Waals surface area contributed by atoms with Gasteiger partial charge in [0.1, 0.15) is 0 Å². The first-order valence-corrected chi connectivity index (χ1v) is 12.2. The number of anilines is 1. The van der Waals surface area contributed by atoms with E-state index in [1.807, 2.05) is 0 Å². The van der Waals surface area contributed by atoms with Crippen molar-refractivity contribution in [3.63, 3.8) is 0 Å². The molecular formula is C18H17Cl2N5O3S2. The summed E-state index contributed by atoms with van der Waals surface area (Å²) in [6.07, 6.45) is 3.19. The summed E-state index contributed by atoms with van der Waals surface area (Å²) in [7, 11) is -3.60. The van der Waals surface area contributed by atoms with E-state index in [1.54, 1.807) is 6.07 Å². The second-order valence-electron chi connectivity index (χ2n) is 6.66. The fourth-order valence-corrected chi connectivity index (χ4v) is 5.62. The highest BCUT2D eigenvalue weighted by atomic mass is 35.5. The lowest BCUT2D eigenvalue weighted by Crippen LogP contribution is -2.28. The molecule has 2 aromatic heterocycles. The highest BCUT2D eigenvalue weighted by Crippen LogP contribution is 2.29. The van der Waals surface area contributed by atoms with Crippen LogP contribution >= 0.6 is 35.0 Å². The van der Waals surface area contributed by atoms with Gasteiger partial charge in [-0.25, -0.2) is 18.4 Å². The van der Waals surface area contributed by atoms with Crippen molar-refractivity contribution in [2.24, 2.45) is 0 Å². The minimum Gasteiger partial charge on any atom is -0.331 e. The van der Waals surface area contributed by atoms with Crippen LogP contribution in [0.25, 0.3) is 11.2 Å². The van der Waals surface area contributed by atoms with Gasteiger partial charge in [-0.05, 0) is 37.1 Å². The lowest BCUT2D eigenvalue weighted by molar-refractivity contribution is -0.113. The van der Waals surface area contributed by atoms with Crippen LogP contribution in [0.2, 0.25) is 10.0 Å². The number of amides is 1. The molecule has 30 heavy (non-hydrogen) atoms. The highest BCUT2D eigenvalue weighted by molar-refractivity contribution is 7.99. The number of imidazole rings is 1. The van der Waals surface area contributed by atoms with Crippen LogP contribution in [0, 0.1) is 0 Å². The van der Waals surface area contributed by atoms with E-state index in [2.05, 4.69) is 20.3 Å². The van der Waals surface area contributed by atoms with E-state index < -0.39 is 10.0 Å². The van der Waals surface area contributed by atoms with Crippen LogP contribution in [0.4, 0.5) is 5.69 Å². The van der Waals surface area contributed by atoms with Crippen LogP contribution in [0.15, 0.2) is 40.5 Å². The summed E-state index contributed by atoms with van der Waals surface area (Å²) in [6, 6.07) is 6.02. The number of hydrogen-bond donors (Lipinski definition) is 2. The van der Waals surface area contributed by atoms with Gasteiger partial charge in [0, 0.05) is 19.3 Å². The van der Waals surface area contributed by atoms with Crippen LogP contribution in [0.1, 0.15) is 12.8 Å². The molecule has 12 heteroatoms. The molecule has 1 saturated heterocycles. The minimum atomic E-state index is -3.60. The van der Waals surface area contributed by atoms with Gasteiger partial charge in [-0.1, -0.05) is 35.0 Å². The zero-order valence-corrected chi connectivity index (χ0v) is 18.7. The third-order valence-electron chi connectivity index (χ3n) is 4.54. The van der Waals surface area contributed by atoms with Crippen LogP contribution in [-0.4, -0.2) is 52.4 Å². The quantitative estimate of drug-likeness (QED) is 0.514. The number of H-pyrrole nitrogens is 1. The van der Waals surface area contributed by atoms with E-state index in [0.29, 0.717) is 34.4 Å². The zero-order valence-electron chi connectivity index (χ0n) is 15.6. The molecule has 3 aromatic rings. The van der Waals surface area contributed by atoms with E-state index in [4.69, 9.17) is 23.2 Å². The summed E-state index contributed by atoms with van der Waals surface area (Å²) in [5.41, 5.74) is 1.43. The molecule has 1 fully saturated rings. The van der Waals surface area contributed by atoms with E-state index in [-0.39, 0.29) is 27.3 Å². The van der Waals surface area contributed by atoms with Crippen LogP contribution in [-0.2, 0) is 14.8 Å². The van der Waals surface area contributed by atoms with Crippen LogP contribution in [0.5, 0.6) is 0 Å². The average molecular weight is 486 g/mol. The van der Waals surface area contributed by atoms with Crippen molar-refractivity contribution >= 4 is 67.7 Å². The fraction of sp³-hybridized carbons (Fsp3) is 0.278. The van der Waals surface area contributed by atoms with Crippen molar-refractivity contribution in [1.29, 1.82) is 0 Å². The second kappa shape index (κ2) is 8.72. The molecule has 8 nitrogen and oxygen atoms in total. The molecule has 0 spiro atoms. The Morgan fingerprint density at radius 3 is 2.77 bits per heavy atom. The summed E-state index contributed by atoms with van der Waals surface area (Å²) in [4.78, 5) is 23.9. The molecule has 0 unspecified atom stereocenters. The van der Waals surface area contributed by atoms with Gasteiger partial charge in [-0.15, -0.1) is 0 Å².